The van der Waals surface area contributed by atoms with Crippen molar-refractivity contribution in [1.82, 2.24) is 4.90 Å². The van der Waals surface area contributed by atoms with E-state index in [0.717, 1.165) is 12.5 Å². The van der Waals surface area contributed by atoms with Gasteiger partial charge in [0.1, 0.15) is 0 Å². The number of hydrogen-bond acceptors (Lipinski definition) is 2. The van der Waals surface area contributed by atoms with Crippen LogP contribution in [0.15, 0.2) is 0 Å². The van der Waals surface area contributed by atoms with E-state index in [-0.39, 0.29) is 0 Å². The highest BCUT2D eigenvalue weighted by Gasteiger charge is 2.38. The summed E-state index contributed by atoms with van der Waals surface area (Å²) in [5.41, 5.74) is 6.82. The van der Waals surface area contributed by atoms with Crippen LogP contribution in [-0.2, 0) is 0 Å². The molecule has 3 unspecified atom stereocenters. The molecule has 2 N–H and O–H groups in total. The Bertz CT molecular complexity index is 225. The Balaban J connectivity index is 2.67. The highest BCUT2D eigenvalue weighted by atomic mass is 15.2. The predicted octanol–water partition coefficient (Wildman–Crippen LogP) is 3.26. The normalized spacial score (nSPS) is 30.5. The molecule has 0 aromatic heterocycles. The quantitative estimate of drug-likeness (QED) is 0.799. The van der Waals surface area contributed by atoms with E-state index in [9.17, 15) is 0 Å². The van der Waals surface area contributed by atoms with E-state index < -0.39 is 0 Å². The average Bonchev–Trinajstić information content (AvgIpc) is 2.29. The Morgan fingerprint density at radius 3 is 2.53 bits per heavy atom. The van der Waals surface area contributed by atoms with E-state index >= 15 is 0 Å². The molecule has 0 spiro atoms. The van der Waals surface area contributed by atoms with E-state index in [2.05, 4.69) is 39.5 Å². The third-order valence-corrected chi connectivity index (χ3v) is 4.76. The number of likely N-dealkylation sites (N-methyl/N-ethyl adjacent to an activating group) is 1. The first kappa shape index (κ1) is 15.0. The van der Waals surface area contributed by atoms with Crippen molar-refractivity contribution in [3.05, 3.63) is 0 Å². The van der Waals surface area contributed by atoms with Crippen LogP contribution in [0.3, 0.4) is 0 Å². The molecule has 0 aromatic rings. The van der Waals surface area contributed by atoms with Gasteiger partial charge in [0.25, 0.3) is 0 Å². The van der Waals surface area contributed by atoms with Crippen molar-refractivity contribution in [2.24, 2.45) is 17.1 Å². The summed E-state index contributed by atoms with van der Waals surface area (Å²) in [7, 11) is 0. The van der Waals surface area contributed by atoms with Crippen molar-refractivity contribution in [3.8, 4) is 0 Å². The second-order valence-electron chi connectivity index (χ2n) is 6.57. The lowest BCUT2D eigenvalue weighted by Gasteiger charge is -2.47. The van der Waals surface area contributed by atoms with E-state index in [1.165, 1.54) is 32.2 Å². The number of nitrogens with zero attached hydrogens (tertiary/aromatic N) is 1. The number of rotatable bonds is 5. The smallest absolute Gasteiger partial charge is 0.0252 e. The first-order valence-electron chi connectivity index (χ1n) is 7.42. The van der Waals surface area contributed by atoms with Gasteiger partial charge in [-0.15, -0.1) is 0 Å². The topological polar surface area (TPSA) is 29.3 Å². The van der Waals surface area contributed by atoms with Gasteiger partial charge in [0.05, 0.1) is 0 Å². The average molecular weight is 240 g/mol. The summed E-state index contributed by atoms with van der Waals surface area (Å²) < 4.78 is 0. The summed E-state index contributed by atoms with van der Waals surface area (Å²) in [6.45, 7) is 13.9. The molecule has 102 valence electrons. The molecule has 0 heterocycles. The largest absolute Gasteiger partial charge is 0.326 e. The Kier molecular flexibility index (Phi) is 5.46. The molecule has 2 heteroatoms. The monoisotopic (exact) mass is 240 g/mol. The molecule has 1 saturated carbocycles. The summed E-state index contributed by atoms with van der Waals surface area (Å²) in [4.78, 5) is 2.62. The molecule has 2 nitrogen and oxygen atoms in total. The molecule has 0 saturated heterocycles. The molecule has 1 aliphatic rings. The fraction of sp³-hybridized carbons (Fsp3) is 1.00. The standard InChI is InChI=1S/C15H32N2/c1-6-12(3)11-17(7-2)13-9-8-10-15(4,5)14(13)16/h12-14H,6-11,16H2,1-5H3. The highest BCUT2D eigenvalue weighted by Crippen LogP contribution is 2.36. The highest BCUT2D eigenvalue weighted by molar-refractivity contribution is 4.96. The van der Waals surface area contributed by atoms with Gasteiger partial charge < -0.3 is 5.73 Å². The van der Waals surface area contributed by atoms with Crippen molar-refractivity contribution in [2.75, 3.05) is 13.1 Å². The van der Waals surface area contributed by atoms with Crippen molar-refractivity contribution >= 4 is 0 Å². The molecule has 1 fully saturated rings. The van der Waals surface area contributed by atoms with Crippen LogP contribution in [0, 0.1) is 11.3 Å². The van der Waals surface area contributed by atoms with Crippen LogP contribution in [0.4, 0.5) is 0 Å². The zero-order chi connectivity index (χ0) is 13.1. The van der Waals surface area contributed by atoms with E-state index in [0.29, 0.717) is 17.5 Å². The zero-order valence-corrected chi connectivity index (χ0v) is 12.5. The van der Waals surface area contributed by atoms with Gasteiger partial charge in [-0.3, -0.25) is 4.90 Å². The minimum Gasteiger partial charge on any atom is -0.326 e. The van der Waals surface area contributed by atoms with Gasteiger partial charge in [-0.05, 0) is 30.7 Å². The van der Waals surface area contributed by atoms with E-state index in [1.54, 1.807) is 0 Å². The van der Waals surface area contributed by atoms with Crippen LogP contribution in [0.5, 0.6) is 0 Å². The maximum absolute atomic E-state index is 6.51. The molecule has 0 bridgehead atoms. The summed E-state index contributed by atoms with van der Waals surface area (Å²) >= 11 is 0. The SMILES string of the molecule is CCC(C)CN(CC)C1CCCC(C)(C)C1N. The van der Waals surface area contributed by atoms with Gasteiger partial charge in [-0.1, -0.05) is 47.5 Å². The van der Waals surface area contributed by atoms with Crippen LogP contribution in [0.25, 0.3) is 0 Å². The maximum Gasteiger partial charge on any atom is 0.0252 e. The summed E-state index contributed by atoms with van der Waals surface area (Å²) in [6, 6.07) is 0.929. The molecular weight excluding hydrogens is 208 g/mol. The van der Waals surface area contributed by atoms with Gasteiger partial charge in [0.2, 0.25) is 0 Å². The molecule has 0 radical (unpaired) electrons. The van der Waals surface area contributed by atoms with Gasteiger partial charge in [0, 0.05) is 18.6 Å². The lowest BCUT2D eigenvalue weighted by molar-refractivity contribution is 0.0619. The van der Waals surface area contributed by atoms with Crippen molar-refractivity contribution in [3.63, 3.8) is 0 Å². The van der Waals surface area contributed by atoms with Crippen LogP contribution in [0.1, 0.15) is 60.3 Å². The molecule has 17 heavy (non-hydrogen) atoms. The number of nitrogens with two attached hydrogens (primary N) is 1. The summed E-state index contributed by atoms with van der Waals surface area (Å²) in [5, 5.41) is 0. The molecule has 3 atom stereocenters. The Hall–Kier alpha value is -0.0800. The Labute approximate surface area is 108 Å². The molecular formula is C15H32N2. The second-order valence-corrected chi connectivity index (χ2v) is 6.57. The van der Waals surface area contributed by atoms with Crippen LogP contribution < -0.4 is 5.73 Å². The lowest BCUT2D eigenvalue weighted by Crippen LogP contribution is -2.57. The first-order chi connectivity index (χ1) is 7.92. The molecule has 0 aliphatic heterocycles. The minimum atomic E-state index is 0.311. The minimum absolute atomic E-state index is 0.311. The molecule has 1 aliphatic carbocycles. The fourth-order valence-electron chi connectivity index (χ4n) is 3.07. The third kappa shape index (κ3) is 3.69. The first-order valence-corrected chi connectivity index (χ1v) is 7.42. The van der Waals surface area contributed by atoms with Crippen LogP contribution in [0.2, 0.25) is 0 Å². The van der Waals surface area contributed by atoms with Gasteiger partial charge in [-0.2, -0.15) is 0 Å². The zero-order valence-electron chi connectivity index (χ0n) is 12.5. The Morgan fingerprint density at radius 1 is 1.35 bits per heavy atom. The molecule has 0 amide bonds. The lowest BCUT2D eigenvalue weighted by atomic mass is 9.70. The van der Waals surface area contributed by atoms with Crippen molar-refractivity contribution in [1.29, 1.82) is 0 Å². The summed E-state index contributed by atoms with van der Waals surface area (Å²) in [5.74, 6) is 0.784. The maximum atomic E-state index is 6.51. The summed E-state index contributed by atoms with van der Waals surface area (Å²) in [6.07, 6.45) is 5.17. The predicted molar refractivity (Wildman–Crippen MR) is 76.1 cm³/mol. The number of hydrogen-bond donors (Lipinski definition) is 1. The molecule has 1 rings (SSSR count). The molecule has 0 aromatic carbocycles. The van der Waals surface area contributed by atoms with E-state index in [1.807, 2.05) is 0 Å². The third-order valence-electron chi connectivity index (χ3n) is 4.76. The Morgan fingerprint density at radius 2 is 2.00 bits per heavy atom. The second kappa shape index (κ2) is 6.19. The van der Waals surface area contributed by atoms with Crippen LogP contribution >= 0.6 is 0 Å². The van der Waals surface area contributed by atoms with E-state index in [4.69, 9.17) is 5.73 Å². The van der Waals surface area contributed by atoms with Crippen molar-refractivity contribution in [2.45, 2.75) is 72.4 Å². The van der Waals surface area contributed by atoms with Gasteiger partial charge in [-0.25, -0.2) is 0 Å². The van der Waals surface area contributed by atoms with Gasteiger partial charge in [0.15, 0.2) is 0 Å². The van der Waals surface area contributed by atoms with Crippen LogP contribution in [-0.4, -0.2) is 30.1 Å². The van der Waals surface area contributed by atoms with Gasteiger partial charge >= 0.3 is 0 Å². The fourth-order valence-corrected chi connectivity index (χ4v) is 3.07. The van der Waals surface area contributed by atoms with Crippen molar-refractivity contribution < 1.29 is 0 Å².